The molecule has 0 saturated carbocycles. The highest BCUT2D eigenvalue weighted by Crippen LogP contribution is 2.36. The van der Waals surface area contributed by atoms with Crippen molar-refractivity contribution >= 4 is 26.4 Å². The summed E-state index contributed by atoms with van der Waals surface area (Å²) in [5.41, 5.74) is 6.98. The van der Waals surface area contributed by atoms with Gasteiger partial charge in [0.2, 0.25) is 0 Å². The molecule has 0 spiro atoms. The van der Waals surface area contributed by atoms with Crippen molar-refractivity contribution in [1.29, 1.82) is 5.26 Å². The highest BCUT2D eigenvalue weighted by atomic mass is 32.1. The lowest BCUT2D eigenvalue weighted by atomic mass is 10.1. The van der Waals surface area contributed by atoms with Crippen LogP contribution in [0, 0.1) is 17.1 Å². The second kappa shape index (κ2) is 3.52. The number of aryl methyl sites for hydroxylation is 1. The van der Waals surface area contributed by atoms with E-state index in [1.54, 1.807) is 6.07 Å². The van der Waals surface area contributed by atoms with Crippen molar-refractivity contribution in [3.05, 3.63) is 29.1 Å². The Morgan fingerprint density at radius 1 is 1.53 bits per heavy atom. The lowest BCUT2D eigenvalue weighted by molar-refractivity contribution is 0.639. The van der Waals surface area contributed by atoms with Crippen molar-refractivity contribution in [2.24, 2.45) is 0 Å². The first kappa shape index (κ1) is 9.94. The van der Waals surface area contributed by atoms with E-state index in [9.17, 15) is 4.39 Å². The van der Waals surface area contributed by atoms with Gasteiger partial charge in [-0.25, -0.2) is 4.39 Å². The molecule has 0 aliphatic heterocycles. The average Bonchev–Trinajstić information content (AvgIpc) is 2.56. The second-order valence-electron chi connectivity index (χ2n) is 3.22. The first-order valence-electron chi connectivity index (χ1n) is 4.58. The van der Waals surface area contributed by atoms with Crippen LogP contribution in [0.4, 0.5) is 9.39 Å². The van der Waals surface area contributed by atoms with E-state index in [0.29, 0.717) is 10.4 Å². The molecule has 4 heteroatoms. The minimum absolute atomic E-state index is 0.266. The highest BCUT2D eigenvalue weighted by Gasteiger charge is 2.15. The van der Waals surface area contributed by atoms with Gasteiger partial charge in [0.25, 0.3) is 0 Å². The van der Waals surface area contributed by atoms with E-state index >= 15 is 0 Å². The number of nitriles is 1. The van der Waals surface area contributed by atoms with Gasteiger partial charge < -0.3 is 5.73 Å². The molecule has 0 aliphatic rings. The minimum Gasteiger partial charge on any atom is -0.389 e. The summed E-state index contributed by atoms with van der Waals surface area (Å²) in [6.45, 7) is 1.99. The lowest BCUT2D eigenvalue weighted by Crippen LogP contribution is -1.86. The van der Waals surface area contributed by atoms with Crippen LogP contribution < -0.4 is 5.73 Å². The second-order valence-corrected chi connectivity index (χ2v) is 4.27. The Morgan fingerprint density at radius 3 is 2.87 bits per heavy atom. The Bertz CT molecular complexity index is 566. The summed E-state index contributed by atoms with van der Waals surface area (Å²) >= 11 is 1.28. The molecule has 0 saturated heterocycles. The molecular formula is C11H9FN2S. The predicted molar refractivity (Wildman–Crippen MR) is 60.3 cm³/mol. The zero-order valence-corrected chi connectivity index (χ0v) is 8.99. The number of fused-ring (bicyclic) bond motifs is 1. The molecule has 1 aromatic carbocycles. The molecule has 2 N–H and O–H groups in total. The number of thiophene rings is 1. The van der Waals surface area contributed by atoms with Crippen LogP contribution in [0.3, 0.4) is 0 Å². The highest BCUT2D eigenvalue weighted by molar-refractivity contribution is 7.23. The number of nitrogens with two attached hydrogens (primary N) is 1. The maximum atomic E-state index is 13.6. The minimum atomic E-state index is -0.369. The van der Waals surface area contributed by atoms with E-state index in [1.165, 1.54) is 17.4 Å². The monoisotopic (exact) mass is 220 g/mol. The average molecular weight is 220 g/mol. The van der Waals surface area contributed by atoms with Crippen molar-refractivity contribution in [2.45, 2.75) is 13.3 Å². The Morgan fingerprint density at radius 2 is 2.27 bits per heavy atom. The fraction of sp³-hybridized carbons (Fsp3) is 0.182. The van der Waals surface area contributed by atoms with Gasteiger partial charge in [-0.1, -0.05) is 13.0 Å². The number of halogens is 1. The molecule has 0 fully saturated rings. The maximum Gasteiger partial charge on any atom is 0.133 e. The Balaban J connectivity index is 2.95. The molecule has 0 radical (unpaired) electrons. The zero-order valence-electron chi connectivity index (χ0n) is 8.17. The molecule has 0 unspecified atom stereocenters. The largest absolute Gasteiger partial charge is 0.389 e. The van der Waals surface area contributed by atoms with Crippen LogP contribution >= 0.6 is 11.3 Å². The van der Waals surface area contributed by atoms with Crippen LogP contribution in [0.25, 0.3) is 10.1 Å². The number of nitrogen functional groups attached to an aromatic ring is 1. The summed E-state index contributed by atoms with van der Waals surface area (Å²) in [5, 5.41) is 9.67. The summed E-state index contributed by atoms with van der Waals surface area (Å²) in [5.74, 6) is -0.369. The molecule has 0 atom stereocenters. The van der Waals surface area contributed by atoms with Crippen molar-refractivity contribution in [3.8, 4) is 6.07 Å². The zero-order chi connectivity index (χ0) is 11.0. The number of rotatable bonds is 1. The topological polar surface area (TPSA) is 49.8 Å². The summed E-state index contributed by atoms with van der Waals surface area (Å²) in [7, 11) is 0. The lowest BCUT2D eigenvalue weighted by Gasteiger charge is -1.99. The SMILES string of the molecule is CCc1ccc(F)c2c(C#N)c(N)sc12. The molecule has 0 bridgehead atoms. The molecule has 1 heterocycles. The predicted octanol–water partition coefficient (Wildman–Crippen LogP) is 3.06. The molecule has 76 valence electrons. The van der Waals surface area contributed by atoms with Gasteiger partial charge in [0.15, 0.2) is 0 Å². The quantitative estimate of drug-likeness (QED) is 0.803. The molecule has 1 aromatic heterocycles. The van der Waals surface area contributed by atoms with Gasteiger partial charge in [0.05, 0.1) is 5.56 Å². The van der Waals surface area contributed by atoms with E-state index in [1.807, 2.05) is 13.0 Å². The summed E-state index contributed by atoms with van der Waals surface area (Å²) in [6.07, 6.45) is 0.807. The maximum absolute atomic E-state index is 13.6. The Hall–Kier alpha value is -1.60. The number of anilines is 1. The van der Waals surface area contributed by atoms with Gasteiger partial charge >= 0.3 is 0 Å². The van der Waals surface area contributed by atoms with Gasteiger partial charge in [-0.05, 0) is 18.1 Å². The van der Waals surface area contributed by atoms with Gasteiger partial charge in [-0.15, -0.1) is 11.3 Å². The van der Waals surface area contributed by atoms with Gasteiger partial charge in [0, 0.05) is 10.1 Å². The van der Waals surface area contributed by atoms with E-state index in [2.05, 4.69) is 0 Å². The summed E-state index contributed by atoms with van der Waals surface area (Å²) < 4.78 is 14.4. The number of benzene rings is 1. The third-order valence-electron chi connectivity index (χ3n) is 2.39. The van der Waals surface area contributed by atoms with Crippen LogP contribution in [0.5, 0.6) is 0 Å². The van der Waals surface area contributed by atoms with E-state index < -0.39 is 0 Å². The van der Waals surface area contributed by atoms with Crippen molar-refractivity contribution < 1.29 is 4.39 Å². The molecule has 2 rings (SSSR count). The Kier molecular flexibility index (Phi) is 2.33. The molecule has 2 nitrogen and oxygen atoms in total. The van der Waals surface area contributed by atoms with Crippen LogP contribution in [0.15, 0.2) is 12.1 Å². The van der Waals surface area contributed by atoms with E-state index in [4.69, 9.17) is 11.0 Å². The van der Waals surface area contributed by atoms with E-state index in [0.717, 1.165) is 16.7 Å². The van der Waals surface area contributed by atoms with E-state index in [-0.39, 0.29) is 11.4 Å². The molecule has 15 heavy (non-hydrogen) atoms. The first-order chi connectivity index (χ1) is 7.19. The fourth-order valence-corrected chi connectivity index (χ4v) is 2.74. The van der Waals surface area contributed by atoms with Crippen LogP contribution in [0.1, 0.15) is 18.1 Å². The van der Waals surface area contributed by atoms with Crippen molar-refractivity contribution in [3.63, 3.8) is 0 Å². The molecule has 0 aliphatic carbocycles. The molecular weight excluding hydrogens is 211 g/mol. The smallest absolute Gasteiger partial charge is 0.133 e. The van der Waals surface area contributed by atoms with Crippen LogP contribution in [-0.4, -0.2) is 0 Å². The van der Waals surface area contributed by atoms with Gasteiger partial charge in [-0.2, -0.15) is 5.26 Å². The summed E-state index contributed by atoms with van der Waals surface area (Å²) in [4.78, 5) is 0. The van der Waals surface area contributed by atoms with Gasteiger partial charge in [-0.3, -0.25) is 0 Å². The van der Waals surface area contributed by atoms with Gasteiger partial charge in [0.1, 0.15) is 16.9 Å². The summed E-state index contributed by atoms with van der Waals surface area (Å²) in [6, 6.07) is 5.10. The number of hydrogen-bond acceptors (Lipinski definition) is 3. The number of hydrogen-bond donors (Lipinski definition) is 1. The number of nitrogens with zero attached hydrogens (tertiary/aromatic N) is 1. The van der Waals surface area contributed by atoms with Crippen LogP contribution in [0.2, 0.25) is 0 Å². The third-order valence-corrected chi connectivity index (χ3v) is 3.48. The standard InChI is InChI=1S/C11H9FN2S/c1-2-6-3-4-8(12)9-7(5-13)11(14)15-10(6)9/h3-4H,2,14H2,1H3. The molecule has 2 aromatic rings. The normalized spacial score (nSPS) is 10.5. The Labute approximate surface area is 90.7 Å². The van der Waals surface area contributed by atoms with Crippen LogP contribution in [-0.2, 0) is 6.42 Å². The first-order valence-corrected chi connectivity index (χ1v) is 5.40. The molecule has 0 amide bonds. The fourth-order valence-electron chi connectivity index (χ4n) is 1.62. The van der Waals surface area contributed by atoms with Crippen molar-refractivity contribution in [1.82, 2.24) is 0 Å². The van der Waals surface area contributed by atoms with Crippen molar-refractivity contribution in [2.75, 3.05) is 5.73 Å². The third kappa shape index (κ3) is 1.36.